The van der Waals surface area contributed by atoms with Crippen LogP contribution in [-0.2, 0) is 0 Å². The van der Waals surface area contributed by atoms with Crippen molar-refractivity contribution >= 4 is 0 Å². The summed E-state index contributed by atoms with van der Waals surface area (Å²) in [7, 11) is 0. The van der Waals surface area contributed by atoms with Gasteiger partial charge >= 0.3 is 0 Å². The molecule has 0 saturated carbocycles. The van der Waals surface area contributed by atoms with Gasteiger partial charge < -0.3 is 0 Å². The van der Waals surface area contributed by atoms with Crippen LogP contribution in [0.4, 0.5) is 0 Å². The van der Waals surface area contributed by atoms with Crippen molar-refractivity contribution in [2.45, 2.75) is 182 Å². The molecule has 0 aromatic rings. The maximum absolute atomic E-state index is 2.73. The van der Waals surface area contributed by atoms with E-state index < -0.39 is 0 Å². The van der Waals surface area contributed by atoms with Crippen LogP contribution < -0.4 is 0 Å². The summed E-state index contributed by atoms with van der Waals surface area (Å²) in [6, 6.07) is 0. The van der Waals surface area contributed by atoms with Crippen LogP contribution in [0.15, 0.2) is 12.2 Å². The molecule has 1 aliphatic carbocycles. The van der Waals surface area contributed by atoms with E-state index in [9.17, 15) is 0 Å². The molecule has 0 heteroatoms. The second-order valence-electron chi connectivity index (χ2n) is 11.9. The molecule has 34 heavy (non-hydrogen) atoms. The van der Waals surface area contributed by atoms with Crippen LogP contribution in [0.3, 0.4) is 0 Å². The minimum atomic E-state index is 0.878. The Morgan fingerprint density at radius 2 is 0.588 bits per heavy atom. The van der Waals surface area contributed by atoms with E-state index in [0.717, 1.165) is 23.7 Å². The fourth-order valence-corrected chi connectivity index (χ4v) is 6.62. The molecule has 4 atom stereocenters. The molecule has 0 aromatic carbocycles. The van der Waals surface area contributed by atoms with Gasteiger partial charge in [-0.1, -0.05) is 168 Å². The van der Waals surface area contributed by atoms with Gasteiger partial charge in [-0.05, 0) is 49.4 Å². The van der Waals surface area contributed by atoms with Crippen LogP contribution in [0.25, 0.3) is 0 Å². The number of rotatable bonds is 24. The third-order valence-electron chi connectivity index (χ3n) is 8.82. The first-order valence-corrected chi connectivity index (χ1v) is 16.5. The molecule has 0 spiro atoms. The second-order valence-corrected chi connectivity index (χ2v) is 11.9. The maximum Gasteiger partial charge on any atom is -0.0202 e. The lowest BCUT2D eigenvalue weighted by atomic mass is 9.64. The number of allylic oxidation sites excluding steroid dienone is 2. The van der Waals surface area contributed by atoms with Crippen molar-refractivity contribution in [3.05, 3.63) is 12.2 Å². The summed E-state index contributed by atoms with van der Waals surface area (Å²) >= 11 is 0. The van der Waals surface area contributed by atoms with Crippen molar-refractivity contribution in [1.82, 2.24) is 0 Å². The molecule has 0 aliphatic heterocycles. The molecule has 202 valence electrons. The Hall–Kier alpha value is -0.260. The smallest absolute Gasteiger partial charge is 0.0202 e. The van der Waals surface area contributed by atoms with Gasteiger partial charge in [0.1, 0.15) is 0 Å². The normalized spacial score (nSPS) is 22.5. The van der Waals surface area contributed by atoms with Gasteiger partial charge in [-0.2, -0.15) is 0 Å². The molecular weight excluding hydrogens is 408 g/mol. The van der Waals surface area contributed by atoms with E-state index in [-0.39, 0.29) is 0 Å². The standard InChI is InChI=1S/C34H66/c1-5-9-13-15-17-19-23-26-32-30-29-31(25-21-11-7-3)33(27-22-12-8-4)34(32)28-24-20-18-16-14-10-6-2/h29-34H,5-28H2,1-4H3. The molecule has 0 aromatic heterocycles. The van der Waals surface area contributed by atoms with Crippen molar-refractivity contribution < 1.29 is 0 Å². The molecule has 0 N–H and O–H groups in total. The largest absolute Gasteiger partial charge is 0.0848 e. The molecule has 4 unspecified atom stereocenters. The molecule has 0 fully saturated rings. The van der Waals surface area contributed by atoms with E-state index in [4.69, 9.17) is 0 Å². The zero-order chi connectivity index (χ0) is 24.7. The summed E-state index contributed by atoms with van der Waals surface area (Å²) in [5.41, 5.74) is 0. The Morgan fingerprint density at radius 1 is 0.324 bits per heavy atom. The molecule has 0 nitrogen and oxygen atoms in total. The minimum absolute atomic E-state index is 0.878. The molecule has 1 rings (SSSR count). The third-order valence-corrected chi connectivity index (χ3v) is 8.82. The lowest BCUT2D eigenvalue weighted by molar-refractivity contribution is 0.145. The van der Waals surface area contributed by atoms with Gasteiger partial charge in [-0.25, -0.2) is 0 Å². The topological polar surface area (TPSA) is 0 Å². The summed E-state index contributed by atoms with van der Waals surface area (Å²) in [6.07, 6.45) is 40.2. The Labute approximate surface area is 217 Å². The number of unbranched alkanes of at least 4 members (excludes halogenated alkanes) is 16. The first-order chi connectivity index (χ1) is 16.8. The summed E-state index contributed by atoms with van der Waals surface area (Å²) in [4.78, 5) is 0. The van der Waals surface area contributed by atoms with Gasteiger partial charge in [0.05, 0.1) is 0 Å². The lowest BCUT2D eigenvalue weighted by Crippen LogP contribution is -2.32. The van der Waals surface area contributed by atoms with Crippen molar-refractivity contribution in [3.8, 4) is 0 Å². The van der Waals surface area contributed by atoms with Crippen LogP contribution in [0.5, 0.6) is 0 Å². The Morgan fingerprint density at radius 3 is 1.00 bits per heavy atom. The highest BCUT2D eigenvalue weighted by Crippen LogP contribution is 2.44. The molecular formula is C34H66. The Bertz CT molecular complexity index is 435. The SMILES string of the molecule is CCCCCCCCCC1C=CC(CCCCC)C(CCCCC)C1CCCCCCCCC. The Kier molecular flexibility index (Phi) is 21.6. The summed E-state index contributed by atoms with van der Waals surface area (Å²) in [5, 5.41) is 0. The van der Waals surface area contributed by atoms with Gasteiger partial charge in [0.2, 0.25) is 0 Å². The van der Waals surface area contributed by atoms with Gasteiger partial charge in [0.15, 0.2) is 0 Å². The molecule has 0 saturated heterocycles. The fraction of sp³-hybridized carbons (Fsp3) is 0.941. The van der Waals surface area contributed by atoms with Crippen LogP contribution in [0, 0.1) is 23.7 Å². The van der Waals surface area contributed by atoms with E-state index in [1.54, 1.807) is 0 Å². The van der Waals surface area contributed by atoms with Crippen LogP contribution in [-0.4, -0.2) is 0 Å². The highest BCUT2D eigenvalue weighted by Gasteiger charge is 2.34. The quantitative estimate of drug-likeness (QED) is 0.0963. The highest BCUT2D eigenvalue weighted by molar-refractivity contribution is 5.05. The van der Waals surface area contributed by atoms with Gasteiger partial charge in [-0.15, -0.1) is 0 Å². The molecule has 0 amide bonds. The van der Waals surface area contributed by atoms with E-state index in [1.807, 2.05) is 0 Å². The van der Waals surface area contributed by atoms with Gasteiger partial charge in [0, 0.05) is 0 Å². The summed E-state index contributed by atoms with van der Waals surface area (Å²) < 4.78 is 0. The predicted octanol–water partition coefficient (Wildman–Crippen LogP) is 12.5. The third kappa shape index (κ3) is 15.0. The average molecular weight is 475 g/mol. The maximum atomic E-state index is 2.73. The zero-order valence-electron chi connectivity index (χ0n) is 24.4. The van der Waals surface area contributed by atoms with Crippen LogP contribution in [0.2, 0.25) is 0 Å². The molecule has 0 bridgehead atoms. The van der Waals surface area contributed by atoms with Crippen LogP contribution >= 0.6 is 0 Å². The first kappa shape index (κ1) is 31.8. The average Bonchev–Trinajstić information content (AvgIpc) is 2.85. The Balaban J connectivity index is 2.67. The van der Waals surface area contributed by atoms with Crippen LogP contribution in [0.1, 0.15) is 182 Å². The molecule has 0 radical (unpaired) electrons. The highest BCUT2D eigenvalue weighted by atomic mass is 14.4. The van der Waals surface area contributed by atoms with E-state index in [1.165, 1.54) is 154 Å². The first-order valence-electron chi connectivity index (χ1n) is 16.5. The van der Waals surface area contributed by atoms with E-state index in [0.29, 0.717) is 0 Å². The van der Waals surface area contributed by atoms with E-state index >= 15 is 0 Å². The minimum Gasteiger partial charge on any atom is -0.0848 e. The fourth-order valence-electron chi connectivity index (χ4n) is 6.62. The van der Waals surface area contributed by atoms with Crippen molar-refractivity contribution in [2.75, 3.05) is 0 Å². The number of hydrogen-bond acceptors (Lipinski definition) is 0. The van der Waals surface area contributed by atoms with Crippen molar-refractivity contribution in [3.63, 3.8) is 0 Å². The number of hydrogen-bond donors (Lipinski definition) is 0. The van der Waals surface area contributed by atoms with Gasteiger partial charge in [0.25, 0.3) is 0 Å². The summed E-state index contributed by atoms with van der Waals surface area (Å²) in [5.74, 6) is 3.71. The van der Waals surface area contributed by atoms with E-state index in [2.05, 4.69) is 39.8 Å². The monoisotopic (exact) mass is 475 g/mol. The van der Waals surface area contributed by atoms with Crippen molar-refractivity contribution in [2.24, 2.45) is 23.7 Å². The van der Waals surface area contributed by atoms with Crippen molar-refractivity contribution in [1.29, 1.82) is 0 Å². The molecule has 1 aliphatic rings. The predicted molar refractivity (Wildman–Crippen MR) is 157 cm³/mol. The zero-order valence-corrected chi connectivity index (χ0v) is 24.4. The molecule has 0 heterocycles. The second kappa shape index (κ2) is 23.2. The van der Waals surface area contributed by atoms with Gasteiger partial charge in [-0.3, -0.25) is 0 Å². The summed E-state index contributed by atoms with van der Waals surface area (Å²) in [6.45, 7) is 9.39. The lowest BCUT2D eigenvalue weighted by Gasteiger charge is -2.41.